The quantitative estimate of drug-likeness (QED) is 0.285. The Morgan fingerprint density at radius 1 is 1.11 bits per heavy atom. The number of aromatic amines is 1. The van der Waals surface area contributed by atoms with E-state index < -0.39 is 38.7 Å². The van der Waals surface area contributed by atoms with Crippen LogP contribution in [-0.2, 0) is 10.0 Å². The zero-order valence-corrected chi connectivity index (χ0v) is 19.2. The lowest BCUT2D eigenvalue weighted by Crippen LogP contribution is -2.18. The van der Waals surface area contributed by atoms with E-state index in [1.165, 1.54) is 6.20 Å². The maximum atomic E-state index is 15.2. The van der Waals surface area contributed by atoms with Gasteiger partial charge in [0.25, 0.3) is 0 Å². The normalized spacial score (nSPS) is 11.9. The smallest absolute Gasteiger partial charge is 0.232 e. The van der Waals surface area contributed by atoms with Crippen LogP contribution in [0.15, 0.2) is 65.5 Å². The van der Waals surface area contributed by atoms with E-state index in [4.69, 9.17) is 4.42 Å². The number of halogens is 2. The molecule has 7 nitrogen and oxygen atoms in total. The molecule has 0 spiro atoms. The highest BCUT2D eigenvalue weighted by atomic mass is 32.2. The highest BCUT2D eigenvalue weighted by Crippen LogP contribution is 2.31. The lowest BCUT2D eigenvalue weighted by atomic mass is 9.99. The number of rotatable bonds is 7. The molecule has 2 aromatic carbocycles. The summed E-state index contributed by atoms with van der Waals surface area (Å²) >= 11 is 0. The molecule has 0 bridgehead atoms. The number of nitrogens with one attached hydrogen (secondary N) is 2. The number of pyridine rings is 1. The Labute approximate surface area is 198 Å². The number of fused-ring (bicyclic) bond motifs is 2. The second-order valence-corrected chi connectivity index (χ2v) is 9.87. The summed E-state index contributed by atoms with van der Waals surface area (Å²) < 4.78 is 61.5. The summed E-state index contributed by atoms with van der Waals surface area (Å²) in [5.74, 6) is -3.57. The Bertz CT molecular complexity index is 1710. The van der Waals surface area contributed by atoms with Crippen LogP contribution in [0.5, 0.6) is 0 Å². The Balaban J connectivity index is 1.57. The van der Waals surface area contributed by atoms with Gasteiger partial charge in [0.05, 0.1) is 23.3 Å². The van der Waals surface area contributed by atoms with Crippen LogP contribution in [0.25, 0.3) is 33.1 Å². The monoisotopic (exact) mass is 495 g/mol. The molecule has 0 saturated heterocycles. The zero-order valence-electron chi connectivity index (χ0n) is 18.4. The third-order valence-corrected chi connectivity index (χ3v) is 7.10. The van der Waals surface area contributed by atoms with Crippen LogP contribution >= 0.6 is 0 Å². The average molecular weight is 496 g/mol. The van der Waals surface area contributed by atoms with Crippen LogP contribution in [0.3, 0.4) is 0 Å². The number of hydrogen-bond donors (Lipinski definition) is 2. The Kier molecular flexibility index (Phi) is 5.60. The molecule has 0 aliphatic heterocycles. The molecule has 0 fully saturated rings. The number of nitrogens with zero attached hydrogens (tertiary/aromatic N) is 1. The van der Waals surface area contributed by atoms with E-state index in [1.54, 1.807) is 25.5 Å². The molecule has 0 radical (unpaired) electrons. The van der Waals surface area contributed by atoms with Gasteiger partial charge in [0.1, 0.15) is 17.0 Å². The second-order valence-electron chi connectivity index (χ2n) is 8.03. The van der Waals surface area contributed by atoms with Gasteiger partial charge < -0.3 is 9.40 Å². The van der Waals surface area contributed by atoms with Crippen molar-refractivity contribution < 1.29 is 26.4 Å². The summed E-state index contributed by atoms with van der Waals surface area (Å²) in [5, 5.41) is 1.29. The number of carbonyl (C=O) groups is 1. The van der Waals surface area contributed by atoms with E-state index in [2.05, 4.69) is 14.7 Å². The summed E-state index contributed by atoms with van der Waals surface area (Å²) in [6.45, 7) is 1.65. The number of ketones is 1. The molecule has 35 heavy (non-hydrogen) atoms. The lowest BCUT2D eigenvalue weighted by Gasteiger charge is -2.11. The fraction of sp³-hybridized carbons (Fsp3) is 0.120. The number of sulfonamides is 1. The van der Waals surface area contributed by atoms with Gasteiger partial charge in [0, 0.05) is 34.3 Å². The molecule has 10 heteroatoms. The van der Waals surface area contributed by atoms with Crippen molar-refractivity contribution in [2.45, 2.75) is 13.3 Å². The number of furan rings is 1. The van der Waals surface area contributed by atoms with Crippen molar-refractivity contribution in [2.24, 2.45) is 0 Å². The largest absolute Gasteiger partial charge is 0.464 e. The summed E-state index contributed by atoms with van der Waals surface area (Å²) in [7, 11) is -3.85. The van der Waals surface area contributed by atoms with E-state index in [0.29, 0.717) is 28.6 Å². The van der Waals surface area contributed by atoms with Crippen LogP contribution in [0, 0.1) is 11.6 Å². The first-order chi connectivity index (χ1) is 16.8. The third-order valence-electron chi connectivity index (χ3n) is 5.62. The Morgan fingerprint density at radius 2 is 1.94 bits per heavy atom. The highest BCUT2D eigenvalue weighted by molar-refractivity contribution is 7.92. The number of carbonyl (C=O) groups excluding carboxylic acids is 1. The van der Waals surface area contributed by atoms with Crippen molar-refractivity contribution >= 4 is 43.5 Å². The van der Waals surface area contributed by atoms with Crippen LogP contribution in [0.2, 0.25) is 0 Å². The lowest BCUT2D eigenvalue weighted by molar-refractivity contribution is 0.103. The molecule has 3 heterocycles. The maximum absolute atomic E-state index is 15.2. The minimum absolute atomic E-state index is 0.000193. The van der Waals surface area contributed by atoms with Gasteiger partial charge in [-0.2, -0.15) is 0 Å². The molecule has 5 aromatic rings. The molecule has 178 valence electrons. The first-order valence-corrected chi connectivity index (χ1v) is 12.4. The van der Waals surface area contributed by atoms with Crippen LogP contribution in [0.1, 0.15) is 29.3 Å². The summed E-state index contributed by atoms with van der Waals surface area (Å²) in [6, 6.07) is 10.9. The first kappa shape index (κ1) is 22.7. The topological polar surface area (TPSA) is 105 Å². The SMILES string of the molecule is CCCS(=O)(=O)Nc1ccc(F)c(C(=O)c2c[nH]c3ncc(-c4ccc5ccoc5c4)cc23)c1F. The van der Waals surface area contributed by atoms with E-state index in [9.17, 15) is 17.6 Å². The Hall–Kier alpha value is -4.05. The number of hydrogen-bond acceptors (Lipinski definition) is 5. The molecule has 0 atom stereocenters. The van der Waals surface area contributed by atoms with Crippen molar-refractivity contribution in [2.75, 3.05) is 10.5 Å². The fourth-order valence-corrected chi connectivity index (χ4v) is 5.08. The molecular formula is C25H19F2N3O4S. The highest BCUT2D eigenvalue weighted by Gasteiger charge is 2.26. The molecule has 0 amide bonds. The minimum atomic E-state index is -3.85. The summed E-state index contributed by atoms with van der Waals surface area (Å²) in [4.78, 5) is 20.5. The van der Waals surface area contributed by atoms with E-state index in [0.717, 1.165) is 23.1 Å². The predicted molar refractivity (Wildman–Crippen MR) is 129 cm³/mol. The minimum Gasteiger partial charge on any atom is -0.464 e. The predicted octanol–water partition coefficient (Wildman–Crippen LogP) is 5.64. The third kappa shape index (κ3) is 4.17. The standard InChI is InChI=1S/C25H19F2N3O4S/c1-2-9-35(32,33)30-20-6-5-19(26)22(23(20)27)24(31)18-13-29-25-17(18)10-16(12-28-25)15-4-3-14-7-8-34-21(14)11-15/h3-8,10-13,30H,2,9H2,1H3,(H,28,29). The number of anilines is 1. The molecule has 0 aliphatic rings. The van der Waals surface area contributed by atoms with Gasteiger partial charge in [0.2, 0.25) is 15.8 Å². The van der Waals surface area contributed by atoms with Crippen molar-refractivity contribution in [3.63, 3.8) is 0 Å². The average Bonchev–Trinajstić information content (AvgIpc) is 3.46. The van der Waals surface area contributed by atoms with Crippen molar-refractivity contribution in [1.29, 1.82) is 0 Å². The molecule has 0 saturated carbocycles. The van der Waals surface area contributed by atoms with Crippen molar-refractivity contribution in [3.8, 4) is 11.1 Å². The van der Waals surface area contributed by atoms with Gasteiger partial charge in [-0.25, -0.2) is 22.2 Å². The molecule has 0 unspecified atom stereocenters. The van der Waals surface area contributed by atoms with Gasteiger partial charge >= 0.3 is 0 Å². The summed E-state index contributed by atoms with van der Waals surface area (Å²) in [5.41, 5.74) is 1.15. The Morgan fingerprint density at radius 3 is 2.74 bits per heavy atom. The van der Waals surface area contributed by atoms with Crippen molar-refractivity contribution in [3.05, 3.63) is 83.9 Å². The van der Waals surface area contributed by atoms with Gasteiger partial charge in [-0.15, -0.1) is 0 Å². The van der Waals surface area contributed by atoms with Crippen LogP contribution < -0.4 is 4.72 Å². The van der Waals surface area contributed by atoms with E-state index >= 15 is 4.39 Å². The van der Waals surface area contributed by atoms with Gasteiger partial charge in [-0.05, 0) is 42.3 Å². The fourth-order valence-electron chi connectivity index (χ4n) is 3.94. The molecule has 2 N–H and O–H groups in total. The summed E-state index contributed by atoms with van der Waals surface area (Å²) in [6.07, 6.45) is 4.83. The van der Waals surface area contributed by atoms with Crippen LogP contribution in [0.4, 0.5) is 14.5 Å². The molecule has 5 rings (SSSR count). The van der Waals surface area contributed by atoms with Gasteiger partial charge in [-0.1, -0.05) is 19.1 Å². The van der Waals surface area contributed by atoms with E-state index in [-0.39, 0.29) is 11.3 Å². The zero-order chi connectivity index (χ0) is 24.7. The van der Waals surface area contributed by atoms with Gasteiger partial charge in [0.15, 0.2) is 5.82 Å². The number of aromatic nitrogens is 2. The first-order valence-electron chi connectivity index (χ1n) is 10.8. The van der Waals surface area contributed by atoms with Crippen molar-refractivity contribution in [1.82, 2.24) is 9.97 Å². The second kappa shape index (κ2) is 8.62. The number of H-pyrrole nitrogens is 1. The molecule has 3 aromatic heterocycles. The maximum Gasteiger partial charge on any atom is 0.232 e. The molecular weight excluding hydrogens is 476 g/mol. The van der Waals surface area contributed by atoms with Crippen LogP contribution in [-0.4, -0.2) is 29.9 Å². The van der Waals surface area contributed by atoms with E-state index in [1.807, 2.05) is 24.3 Å². The van der Waals surface area contributed by atoms with Gasteiger partial charge in [-0.3, -0.25) is 9.52 Å². The molecule has 0 aliphatic carbocycles. The number of benzene rings is 2.